The van der Waals surface area contributed by atoms with Gasteiger partial charge in [-0.2, -0.15) is 10.2 Å². The Morgan fingerprint density at radius 1 is 0.767 bits per heavy atom. The minimum Gasteiger partial charge on any atom is -0.350 e. The molecular weight excluding hydrogens is 374 g/mol. The molecule has 0 aliphatic heterocycles. The van der Waals surface area contributed by atoms with E-state index in [4.69, 9.17) is 11.7 Å². The van der Waals surface area contributed by atoms with Crippen LogP contribution < -0.4 is 11.7 Å². The minimum atomic E-state index is 0.573. The first-order valence-electron chi connectivity index (χ1n) is 9.35. The molecule has 6 heteroatoms. The van der Waals surface area contributed by atoms with Crippen LogP contribution >= 0.6 is 0 Å². The van der Waals surface area contributed by atoms with Gasteiger partial charge in [-0.3, -0.25) is 4.79 Å². The monoisotopic (exact) mass is 397 g/mol. The third-order valence-corrected chi connectivity index (χ3v) is 4.63. The van der Waals surface area contributed by atoms with E-state index in [1.807, 2.05) is 103 Å². The standard InChI is InChI=1S/C14H14N4.C10H9NO/c15-17-13(11-7-3-1-4-8-11)14(18-16)12-9-5-2-6-10-12;1-11-6-8(7-12)9-4-2-3-5-10(9)11/h1-10H,15-16H2;2-7H,1H3. The molecule has 150 valence electrons. The number of rotatable bonds is 4. The molecule has 0 saturated carbocycles. The van der Waals surface area contributed by atoms with E-state index in [1.165, 1.54) is 0 Å². The van der Waals surface area contributed by atoms with Crippen LogP contribution in [0, 0.1) is 0 Å². The molecule has 0 atom stereocenters. The second-order valence-electron chi connectivity index (χ2n) is 6.52. The lowest BCUT2D eigenvalue weighted by molar-refractivity contribution is 0.112. The van der Waals surface area contributed by atoms with Crippen LogP contribution in [0.5, 0.6) is 0 Å². The molecule has 0 aliphatic rings. The zero-order valence-corrected chi connectivity index (χ0v) is 16.6. The Labute approximate surface area is 175 Å². The molecule has 0 amide bonds. The summed E-state index contributed by atoms with van der Waals surface area (Å²) in [5, 5.41) is 8.65. The van der Waals surface area contributed by atoms with Crippen LogP contribution in [0.15, 0.2) is 101 Å². The molecule has 6 nitrogen and oxygen atoms in total. The van der Waals surface area contributed by atoms with Gasteiger partial charge in [-0.05, 0) is 6.07 Å². The van der Waals surface area contributed by atoms with Gasteiger partial charge in [0.15, 0.2) is 6.29 Å². The molecule has 1 aromatic heterocycles. The van der Waals surface area contributed by atoms with Gasteiger partial charge in [0, 0.05) is 40.8 Å². The van der Waals surface area contributed by atoms with Crippen LogP contribution in [0.25, 0.3) is 10.9 Å². The van der Waals surface area contributed by atoms with Gasteiger partial charge in [-0.15, -0.1) is 0 Å². The molecule has 4 rings (SSSR count). The van der Waals surface area contributed by atoms with Crippen molar-refractivity contribution in [2.24, 2.45) is 28.9 Å². The summed E-state index contributed by atoms with van der Waals surface area (Å²) >= 11 is 0. The van der Waals surface area contributed by atoms with Crippen molar-refractivity contribution in [3.05, 3.63) is 108 Å². The average molecular weight is 397 g/mol. The maximum atomic E-state index is 10.6. The van der Waals surface area contributed by atoms with E-state index in [1.54, 1.807) is 0 Å². The molecule has 0 unspecified atom stereocenters. The van der Waals surface area contributed by atoms with Gasteiger partial charge in [0.05, 0.1) is 0 Å². The molecule has 4 N–H and O–H groups in total. The lowest BCUT2D eigenvalue weighted by atomic mass is 10.00. The number of hydrogen-bond acceptors (Lipinski definition) is 5. The normalized spacial score (nSPS) is 11.6. The number of carbonyl (C=O) groups is 1. The first-order chi connectivity index (χ1) is 14.7. The molecule has 3 aromatic carbocycles. The number of nitrogens with zero attached hydrogens (tertiary/aromatic N) is 3. The van der Waals surface area contributed by atoms with Crippen molar-refractivity contribution < 1.29 is 4.79 Å². The van der Waals surface area contributed by atoms with Crippen molar-refractivity contribution in [1.29, 1.82) is 0 Å². The number of nitrogens with two attached hydrogens (primary N) is 2. The lowest BCUT2D eigenvalue weighted by Crippen LogP contribution is -2.20. The summed E-state index contributed by atoms with van der Waals surface area (Å²) in [5.74, 6) is 10.9. The highest BCUT2D eigenvalue weighted by Crippen LogP contribution is 2.18. The summed E-state index contributed by atoms with van der Waals surface area (Å²) in [6, 6.07) is 27.1. The van der Waals surface area contributed by atoms with Gasteiger partial charge < -0.3 is 16.3 Å². The van der Waals surface area contributed by atoms with Gasteiger partial charge >= 0.3 is 0 Å². The summed E-state index contributed by atoms with van der Waals surface area (Å²) < 4.78 is 1.96. The number of benzene rings is 3. The smallest absolute Gasteiger partial charge is 0.152 e. The largest absolute Gasteiger partial charge is 0.350 e. The summed E-state index contributed by atoms with van der Waals surface area (Å²) in [6.45, 7) is 0. The van der Waals surface area contributed by atoms with E-state index >= 15 is 0 Å². The second-order valence-corrected chi connectivity index (χ2v) is 6.52. The van der Waals surface area contributed by atoms with E-state index in [0.717, 1.165) is 33.9 Å². The number of para-hydroxylation sites is 1. The number of aromatic nitrogens is 1. The molecule has 0 bridgehead atoms. The fourth-order valence-electron chi connectivity index (χ4n) is 3.20. The maximum Gasteiger partial charge on any atom is 0.152 e. The SMILES string of the molecule is Cn1cc(C=O)c2ccccc21.NN=C(C(=NN)c1ccccc1)c1ccccc1. The summed E-state index contributed by atoms with van der Waals surface area (Å²) in [4.78, 5) is 10.6. The molecule has 0 aliphatic carbocycles. The second kappa shape index (κ2) is 9.84. The van der Waals surface area contributed by atoms with Crippen LogP contribution in [-0.2, 0) is 7.05 Å². The van der Waals surface area contributed by atoms with Crippen LogP contribution in [0.1, 0.15) is 21.5 Å². The molecule has 1 heterocycles. The number of fused-ring (bicyclic) bond motifs is 1. The number of aryl methyl sites for hydroxylation is 1. The maximum absolute atomic E-state index is 10.6. The van der Waals surface area contributed by atoms with Crippen molar-refractivity contribution in [2.75, 3.05) is 0 Å². The summed E-state index contributed by atoms with van der Waals surface area (Å²) in [7, 11) is 1.94. The number of aldehydes is 1. The summed E-state index contributed by atoms with van der Waals surface area (Å²) in [5.41, 5.74) is 4.77. The molecule has 4 aromatic rings. The van der Waals surface area contributed by atoms with E-state index < -0.39 is 0 Å². The van der Waals surface area contributed by atoms with E-state index in [9.17, 15) is 4.79 Å². The zero-order chi connectivity index (χ0) is 21.3. The Hall–Kier alpha value is -4.19. The highest BCUT2D eigenvalue weighted by Gasteiger charge is 2.13. The van der Waals surface area contributed by atoms with Crippen LogP contribution in [0.4, 0.5) is 0 Å². The summed E-state index contributed by atoms with van der Waals surface area (Å²) in [6.07, 6.45) is 2.74. The Bertz CT molecular complexity index is 1120. The highest BCUT2D eigenvalue weighted by atomic mass is 16.1. The molecule has 0 saturated heterocycles. The van der Waals surface area contributed by atoms with Gasteiger partial charge in [0.1, 0.15) is 11.4 Å². The number of hydrazone groups is 2. The van der Waals surface area contributed by atoms with Crippen LogP contribution in [0.2, 0.25) is 0 Å². The van der Waals surface area contributed by atoms with Gasteiger partial charge in [0.2, 0.25) is 0 Å². The third kappa shape index (κ3) is 4.44. The quantitative estimate of drug-likeness (QED) is 0.238. The predicted molar refractivity (Wildman–Crippen MR) is 123 cm³/mol. The molecular formula is C24H23N5O. The van der Waals surface area contributed by atoms with Crippen molar-refractivity contribution in [3.8, 4) is 0 Å². The number of hydrogen-bond donors (Lipinski definition) is 2. The van der Waals surface area contributed by atoms with Crippen LogP contribution in [0.3, 0.4) is 0 Å². The predicted octanol–water partition coefficient (Wildman–Crippen LogP) is 3.70. The molecule has 30 heavy (non-hydrogen) atoms. The van der Waals surface area contributed by atoms with E-state index in [0.29, 0.717) is 11.4 Å². The Morgan fingerprint density at radius 2 is 1.23 bits per heavy atom. The molecule has 0 fully saturated rings. The molecule has 0 spiro atoms. The minimum absolute atomic E-state index is 0.573. The van der Waals surface area contributed by atoms with Crippen molar-refractivity contribution in [2.45, 2.75) is 0 Å². The highest BCUT2D eigenvalue weighted by molar-refractivity contribution is 6.53. The van der Waals surface area contributed by atoms with Crippen LogP contribution in [-0.4, -0.2) is 22.3 Å². The van der Waals surface area contributed by atoms with Crippen molar-refractivity contribution in [3.63, 3.8) is 0 Å². The third-order valence-electron chi connectivity index (χ3n) is 4.63. The first-order valence-corrected chi connectivity index (χ1v) is 9.35. The molecule has 0 radical (unpaired) electrons. The lowest BCUT2D eigenvalue weighted by Gasteiger charge is -2.08. The van der Waals surface area contributed by atoms with Crippen molar-refractivity contribution >= 4 is 28.6 Å². The topological polar surface area (TPSA) is 98.8 Å². The number of carbonyl (C=O) groups excluding carboxylic acids is 1. The van der Waals surface area contributed by atoms with Gasteiger partial charge in [-0.25, -0.2) is 0 Å². The Morgan fingerprint density at radius 3 is 1.70 bits per heavy atom. The van der Waals surface area contributed by atoms with Gasteiger partial charge in [-0.1, -0.05) is 78.9 Å². The van der Waals surface area contributed by atoms with Gasteiger partial charge in [0.25, 0.3) is 0 Å². The average Bonchev–Trinajstić information content (AvgIpc) is 3.15. The van der Waals surface area contributed by atoms with E-state index in [-0.39, 0.29) is 0 Å². The first kappa shape index (κ1) is 20.5. The zero-order valence-electron chi connectivity index (χ0n) is 16.6. The Kier molecular flexibility index (Phi) is 6.74. The van der Waals surface area contributed by atoms with E-state index in [2.05, 4.69) is 10.2 Å². The Balaban J connectivity index is 0.000000184. The fraction of sp³-hybridized carbons (Fsp3) is 0.0417. The fourth-order valence-corrected chi connectivity index (χ4v) is 3.20. The van der Waals surface area contributed by atoms with Crippen molar-refractivity contribution in [1.82, 2.24) is 4.57 Å².